The van der Waals surface area contributed by atoms with Crippen molar-refractivity contribution in [3.8, 4) is 0 Å². The number of carbonyl (C=O) groups is 2. The van der Waals surface area contributed by atoms with Crippen molar-refractivity contribution in [2.75, 3.05) is 26.8 Å². The standard InChI is InChI=1S/C11H20N2O5/c1-7-4-13(5-8(2)18-7)11(16)12-9(6-17-3)10(14)15/h7-9H,4-6H2,1-3H3,(H,12,16)(H,14,15). The van der Waals surface area contributed by atoms with Crippen molar-refractivity contribution >= 4 is 12.0 Å². The molecule has 1 aliphatic heterocycles. The number of urea groups is 1. The molecule has 1 rings (SSSR count). The Hall–Kier alpha value is -1.34. The summed E-state index contributed by atoms with van der Waals surface area (Å²) in [5.74, 6) is -1.11. The second-order valence-corrected chi connectivity index (χ2v) is 4.46. The number of aliphatic carboxylic acids is 1. The first-order valence-electron chi connectivity index (χ1n) is 5.86. The van der Waals surface area contributed by atoms with Gasteiger partial charge in [-0.05, 0) is 13.8 Å². The fourth-order valence-corrected chi connectivity index (χ4v) is 1.93. The minimum absolute atomic E-state index is 0.0507. The molecule has 1 saturated heterocycles. The summed E-state index contributed by atoms with van der Waals surface area (Å²) in [5.41, 5.74) is 0. The highest BCUT2D eigenvalue weighted by Crippen LogP contribution is 2.10. The van der Waals surface area contributed by atoms with E-state index >= 15 is 0 Å². The van der Waals surface area contributed by atoms with Crippen LogP contribution in [0.1, 0.15) is 13.8 Å². The van der Waals surface area contributed by atoms with Crippen LogP contribution in [0, 0.1) is 0 Å². The summed E-state index contributed by atoms with van der Waals surface area (Å²) >= 11 is 0. The molecule has 0 aromatic carbocycles. The Morgan fingerprint density at radius 3 is 2.44 bits per heavy atom. The molecule has 3 atom stereocenters. The maximum atomic E-state index is 11.9. The van der Waals surface area contributed by atoms with Gasteiger partial charge in [0.2, 0.25) is 0 Å². The van der Waals surface area contributed by atoms with Gasteiger partial charge in [-0.3, -0.25) is 0 Å². The van der Waals surface area contributed by atoms with Gasteiger partial charge in [-0.25, -0.2) is 9.59 Å². The van der Waals surface area contributed by atoms with Crippen LogP contribution in [0.25, 0.3) is 0 Å². The molecule has 0 saturated carbocycles. The van der Waals surface area contributed by atoms with Crippen LogP contribution in [0.3, 0.4) is 0 Å². The number of hydrogen-bond donors (Lipinski definition) is 2. The van der Waals surface area contributed by atoms with Crippen molar-refractivity contribution in [1.82, 2.24) is 10.2 Å². The van der Waals surface area contributed by atoms with Gasteiger partial charge in [0.25, 0.3) is 0 Å². The highest BCUT2D eigenvalue weighted by Gasteiger charge is 2.28. The molecular formula is C11H20N2O5. The Labute approximate surface area is 106 Å². The van der Waals surface area contributed by atoms with Gasteiger partial charge >= 0.3 is 12.0 Å². The number of carboxylic acid groups (broad SMARTS) is 1. The predicted molar refractivity (Wildman–Crippen MR) is 63.4 cm³/mol. The van der Waals surface area contributed by atoms with Crippen molar-refractivity contribution in [1.29, 1.82) is 0 Å². The number of methoxy groups -OCH3 is 1. The van der Waals surface area contributed by atoms with Crippen molar-refractivity contribution in [3.63, 3.8) is 0 Å². The molecule has 1 aliphatic rings. The second kappa shape index (κ2) is 6.55. The van der Waals surface area contributed by atoms with Crippen LogP contribution < -0.4 is 5.32 Å². The first-order chi connectivity index (χ1) is 8.43. The number of ether oxygens (including phenoxy) is 2. The van der Waals surface area contributed by atoms with E-state index < -0.39 is 18.0 Å². The van der Waals surface area contributed by atoms with Gasteiger partial charge in [0, 0.05) is 20.2 Å². The van der Waals surface area contributed by atoms with E-state index in [1.807, 2.05) is 13.8 Å². The molecule has 0 aromatic rings. The monoisotopic (exact) mass is 260 g/mol. The topological polar surface area (TPSA) is 88.1 Å². The van der Waals surface area contributed by atoms with E-state index in [0.29, 0.717) is 13.1 Å². The maximum absolute atomic E-state index is 11.9. The molecule has 0 aliphatic carbocycles. The van der Waals surface area contributed by atoms with Crippen molar-refractivity contribution in [2.45, 2.75) is 32.1 Å². The van der Waals surface area contributed by atoms with Gasteiger partial charge in [-0.2, -0.15) is 0 Å². The fourth-order valence-electron chi connectivity index (χ4n) is 1.93. The smallest absolute Gasteiger partial charge is 0.328 e. The summed E-state index contributed by atoms with van der Waals surface area (Å²) < 4.78 is 10.3. The molecule has 0 radical (unpaired) electrons. The molecular weight excluding hydrogens is 240 g/mol. The number of morpholine rings is 1. The fraction of sp³-hybridized carbons (Fsp3) is 0.818. The Morgan fingerprint density at radius 1 is 1.44 bits per heavy atom. The molecule has 7 heteroatoms. The summed E-state index contributed by atoms with van der Waals surface area (Å²) in [7, 11) is 1.39. The molecule has 3 unspecified atom stereocenters. The van der Waals surface area contributed by atoms with Crippen molar-refractivity contribution < 1.29 is 24.2 Å². The molecule has 1 heterocycles. The van der Waals surface area contributed by atoms with E-state index in [2.05, 4.69) is 5.32 Å². The summed E-state index contributed by atoms with van der Waals surface area (Å²) in [4.78, 5) is 24.4. The van der Waals surface area contributed by atoms with Crippen LogP contribution in [0.15, 0.2) is 0 Å². The highest BCUT2D eigenvalue weighted by molar-refractivity contribution is 5.82. The van der Waals surface area contributed by atoms with E-state index in [9.17, 15) is 9.59 Å². The molecule has 0 bridgehead atoms. The summed E-state index contributed by atoms with van der Waals surface area (Å²) in [6.45, 7) is 4.60. The van der Waals surface area contributed by atoms with Crippen LogP contribution >= 0.6 is 0 Å². The zero-order valence-corrected chi connectivity index (χ0v) is 10.9. The Kier molecular flexibility index (Phi) is 5.36. The molecule has 2 N–H and O–H groups in total. The number of nitrogens with one attached hydrogen (secondary N) is 1. The second-order valence-electron chi connectivity index (χ2n) is 4.46. The van der Waals surface area contributed by atoms with E-state index in [0.717, 1.165) is 0 Å². The molecule has 2 amide bonds. The predicted octanol–water partition coefficient (Wildman–Crippen LogP) is -0.0952. The normalized spacial score (nSPS) is 25.6. The third-order valence-electron chi connectivity index (χ3n) is 2.64. The first kappa shape index (κ1) is 14.7. The molecule has 0 aromatic heterocycles. The SMILES string of the molecule is COCC(NC(=O)N1CC(C)OC(C)C1)C(=O)O. The summed E-state index contributed by atoms with van der Waals surface area (Å²) in [5, 5.41) is 11.4. The van der Waals surface area contributed by atoms with E-state index in [-0.39, 0.29) is 18.8 Å². The van der Waals surface area contributed by atoms with Gasteiger partial charge in [-0.1, -0.05) is 0 Å². The summed E-state index contributed by atoms with van der Waals surface area (Å²) in [6.07, 6.45) is -0.101. The zero-order valence-electron chi connectivity index (χ0n) is 10.9. The number of hydrogen-bond acceptors (Lipinski definition) is 4. The van der Waals surface area contributed by atoms with Crippen LogP contribution in [0.4, 0.5) is 4.79 Å². The van der Waals surface area contributed by atoms with E-state index in [1.165, 1.54) is 7.11 Å². The minimum atomic E-state index is -1.11. The quantitative estimate of drug-likeness (QED) is 0.737. The molecule has 104 valence electrons. The van der Waals surface area contributed by atoms with Crippen molar-refractivity contribution in [3.05, 3.63) is 0 Å². The lowest BCUT2D eigenvalue weighted by atomic mass is 10.2. The highest BCUT2D eigenvalue weighted by atomic mass is 16.5. The number of carboxylic acids is 1. The van der Waals surface area contributed by atoms with Crippen LogP contribution in [0.5, 0.6) is 0 Å². The average molecular weight is 260 g/mol. The minimum Gasteiger partial charge on any atom is -0.480 e. The zero-order chi connectivity index (χ0) is 13.7. The van der Waals surface area contributed by atoms with Crippen LogP contribution in [-0.4, -0.2) is 67.1 Å². The maximum Gasteiger partial charge on any atom is 0.328 e. The Morgan fingerprint density at radius 2 is 2.00 bits per heavy atom. The number of rotatable bonds is 4. The Bertz CT molecular complexity index is 300. The van der Waals surface area contributed by atoms with Crippen molar-refractivity contribution in [2.24, 2.45) is 0 Å². The first-order valence-corrected chi connectivity index (χ1v) is 5.86. The van der Waals surface area contributed by atoms with Crippen LogP contribution in [-0.2, 0) is 14.3 Å². The summed E-state index contributed by atoms with van der Waals surface area (Å²) in [6, 6.07) is -1.43. The van der Waals surface area contributed by atoms with Gasteiger partial charge in [0.05, 0.1) is 18.8 Å². The average Bonchev–Trinajstić information content (AvgIpc) is 2.26. The third kappa shape index (κ3) is 4.15. The molecule has 18 heavy (non-hydrogen) atoms. The number of carbonyl (C=O) groups excluding carboxylic acids is 1. The van der Waals surface area contributed by atoms with Gasteiger partial charge in [0.1, 0.15) is 0 Å². The largest absolute Gasteiger partial charge is 0.480 e. The van der Waals surface area contributed by atoms with E-state index in [1.54, 1.807) is 4.90 Å². The lowest BCUT2D eigenvalue weighted by molar-refractivity contribution is -0.140. The lowest BCUT2D eigenvalue weighted by Crippen LogP contribution is -2.55. The van der Waals surface area contributed by atoms with Crippen LogP contribution in [0.2, 0.25) is 0 Å². The molecule has 0 spiro atoms. The van der Waals surface area contributed by atoms with Gasteiger partial charge in [0.15, 0.2) is 6.04 Å². The number of nitrogens with zero attached hydrogens (tertiary/aromatic N) is 1. The van der Waals surface area contributed by atoms with Gasteiger partial charge < -0.3 is 24.8 Å². The number of amides is 2. The lowest BCUT2D eigenvalue weighted by Gasteiger charge is -2.35. The molecule has 1 fully saturated rings. The van der Waals surface area contributed by atoms with Gasteiger partial charge in [-0.15, -0.1) is 0 Å². The van der Waals surface area contributed by atoms with E-state index in [4.69, 9.17) is 14.6 Å². The molecule has 7 nitrogen and oxygen atoms in total. The Balaban J connectivity index is 2.55. The third-order valence-corrected chi connectivity index (χ3v) is 2.64.